The predicted molar refractivity (Wildman–Crippen MR) is 74.1 cm³/mol. The molecule has 1 aromatic heterocycles. The number of rotatable bonds is 3. The van der Waals surface area contributed by atoms with Gasteiger partial charge in [0.25, 0.3) is 5.91 Å². The minimum absolute atomic E-state index is 0.222. The molecule has 114 valence electrons. The summed E-state index contributed by atoms with van der Waals surface area (Å²) in [7, 11) is 0. The molecule has 6 nitrogen and oxygen atoms in total. The normalized spacial score (nSPS) is 25.9. The number of carbonyl (C=O) groups excluding carboxylic acids is 1. The lowest BCUT2D eigenvalue weighted by atomic mass is 9.82. The highest BCUT2D eigenvalue weighted by atomic mass is 16.4. The number of carboxylic acid groups (broad SMARTS) is 1. The van der Waals surface area contributed by atoms with Gasteiger partial charge in [0.15, 0.2) is 5.89 Å². The summed E-state index contributed by atoms with van der Waals surface area (Å²) in [6, 6.07) is 0. The van der Waals surface area contributed by atoms with Crippen molar-refractivity contribution < 1.29 is 19.1 Å². The van der Waals surface area contributed by atoms with Crippen LogP contribution in [0, 0.1) is 12.3 Å². The van der Waals surface area contributed by atoms with E-state index in [-0.39, 0.29) is 18.2 Å². The number of hydrogen-bond donors (Lipinski definition) is 1. The van der Waals surface area contributed by atoms with Crippen molar-refractivity contribution >= 4 is 11.9 Å². The fraction of sp³-hybridized carbons (Fsp3) is 0.667. The Bertz CT molecular complexity index is 590. The Kier molecular flexibility index (Phi) is 3.26. The minimum Gasteiger partial charge on any atom is -0.481 e. The van der Waals surface area contributed by atoms with E-state index in [9.17, 15) is 14.7 Å². The second-order valence-electron chi connectivity index (χ2n) is 6.44. The van der Waals surface area contributed by atoms with Crippen molar-refractivity contribution in [2.24, 2.45) is 5.41 Å². The van der Waals surface area contributed by atoms with Gasteiger partial charge in [-0.25, -0.2) is 4.98 Å². The van der Waals surface area contributed by atoms with Gasteiger partial charge in [-0.2, -0.15) is 0 Å². The monoisotopic (exact) mass is 292 g/mol. The molecule has 1 atom stereocenters. The molecule has 2 heterocycles. The minimum atomic E-state index is -0.874. The maximum atomic E-state index is 12.6. The third-order valence-electron chi connectivity index (χ3n) is 4.43. The molecule has 1 aliphatic heterocycles. The quantitative estimate of drug-likeness (QED) is 0.923. The molecule has 0 unspecified atom stereocenters. The maximum Gasteiger partial charge on any atom is 0.311 e. The Hall–Kier alpha value is -1.85. The van der Waals surface area contributed by atoms with Crippen LogP contribution in [0.4, 0.5) is 0 Å². The van der Waals surface area contributed by atoms with E-state index >= 15 is 0 Å². The molecule has 0 bridgehead atoms. The second-order valence-corrected chi connectivity index (χ2v) is 6.44. The Balaban J connectivity index is 1.79. The van der Waals surface area contributed by atoms with Crippen LogP contribution in [0.2, 0.25) is 0 Å². The lowest BCUT2D eigenvalue weighted by Crippen LogP contribution is -2.48. The standard InChI is InChI=1S/C15H20N2O4/c1-9-11(21-12(16-9)10-4-5-10)13(18)17-7-3-6-15(2,8-17)14(19)20/h10H,3-8H2,1-2H3,(H,19,20)/t15-/m1/s1. The van der Waals surface area contributed by atoms with E-state index in [2.05, 4.69) is 4.98 Å². The number of carboxylic acids is 1. The second kappa shape index (κ2) is 4.86. The molecule has 3 rings (SSSR count). The summed E-state index contributed by atoms with van der Waals surface area (Å²) in [5.74, 6) is 0.184. The Morgan fingerprint density at radius 1 is 1.43 bits per heavy atom. The highest BCUT2D eigenvalue weighted by Crippen LogP contribution is 2.40. The third kappa shape index (κ3) is 2.54. The SMILES string of the molecule is Cc1nc(C2CC2)oc1C(=O)N1CCC[C@@](C)(C(=O)O)C1. The van der Waals surface area contributed by atoms with Crippen LogP contribution in [0.15, 0.2) is 4.42 Å². The number of aryl methyl sites for hydroxylation is 1. The lowest BCUT2D eigenvalue weighted by Gasteiger charge is -2.37. The number of oxazole rings is 1. The van der Waals surface area contributed by atoms with Gasteiger partial charge < -0.3 is 14.4 Å². The van der Waals surface area contributed by atoms with Crippen LogP contribution >= 0.6 is 0 Å². The van der Waals surface area contributed by atoms with Crippen LogP contribution < -0.4 is 0 Å². The van der Waals surface area contributed by atoms with Gasteiger partial charge in [-0.1, -0.05) is 0 Å². The van der Waals surface area contributed by atoms with Crippen molar-refractivity contribution in [2.75, 3.05) is 13.1 Å². The largest absolute Gasteiger partial charge is 0.481 e. The molecule has 1 aromatic rings. The van der Waals surface area contributed by atoms with Crippen molar-refractivity contribution in [1.82, 2.24) is 9.88 Å². The van der Waals surface area contributed by atoms with Crippen molar-refractivity contribution in [1.29, 1.82) is 0 Å². The zero-order chi connectivity index (χ0) is 15.2. The summed E-state index contributed by atoms with van der Waals surface area (Å²) in [6.07, 6.45) is 3.41. The Morgan fingerprint density at radius 2 is 2.14 bits per heavy atom. The Morgan fingerprint density at radius 3 is 2.76 bits per heavy atom. The van der Waals surface area contributed by atoms with E-state index in [1.807, 2.05) is 0 Å². The highest BCUT2D eigenvalue weighted by Gasteiger charge is 2.41. The van der Waals surface area contributed by atoms with Crippen LogP contribution in [0.5, 0.6) is 0 Å². The summed E-state index contributed by atoms with van der Waals surface area (Å²) in [6.45, 7) is 4.25. The number of hydrogen-bond acceptors (Lipinski definition) is 4. The van der Waals surface area contributed by atoms with Crippen LogP contribution in [0.1, 0.15) is 60.7 Å². The van der Waals surface area contributed by atoms with E-state index in [1.165, 1.54) is 0 Å². The number of aromatic nitrogens is 1. The van der Waals surface area contributed by atoms with E-state index in [1.54, 1.807) is 18.7 Å². The number of piperidine rings is 1. The zero-order valence-corrected chi connectivity index (χ0v) is 12.4. The summed E-state index contributed by atoms with van der Waals surface area (Å²) >= 11 is 0. The van der Waals surface area contributed by atoms with Gasteiger partial charge in [0.05, 0.1) is 11.1 Å². The molecule has 6 heteroatoms. The van der Waals surface area contributed by atoms with Crippen LogP contribution in [0.3, 0.4) is 0 Å². The van der Waals surface area contributed by atoms with Gasteiger partial charge in [-0.05, 0) is 39.5 Å². The molecule has 1 N–H and O–H groups in total. The zero-order valence-electron chi connectivity index (χ0n) is 12.4. The lowest BCUT2D eigenvalue weighted by molar-refractivity contribution is -0.150. The van der Waals surface area contributed by atoms with Gasteiger partial charge in [0, 0.05) is 19.0 Å². The summed E-state index contributed by atoms with van der Waals surface area (Å²) in [5.41, 5.74) is -0.272. The maximum absolute atomic E-state index is 12.6. The first kappa shape index (κ1) is 14.1. The fourth-order valence-corrected chi connectivity index (χ4v) is 2.85. The van der Waals surface area contributed by atoms with E-state index in [0.29, 0.717) is 36.9 Å². The number of likely N-dealkylation sites (tertiary alicyclic amines) is 1. The van der Waals surface area contributed by atoms with Gasteiger partial charge in [0.1, 0.15) is 0 Å². The van der Waals surface area contributed by atoms with E-state index < -0.39 is 11.4 Å². The topological polar surface area (TPSA) is 83.6 Å². The third-order valence-corrected chi connectivity index (χ3v) is 4.43. The predicted octanol–water partition coefficient (Wildman–Crippen LogP) is 2.19. The number of aliphatic carboxylic acids is 1. The number of amides is 1. The summed E-state index contributed by atoms with van der Waals surface area (Å²) in [5, 5.41) is 9.33. The molecular formula is C15H20N2O4. The molecule has 21 heavy (non-hydrogen) atoms. The van der Waals surface area contributed by atoms with Gasteiger partial charge in [-0.3, -0.25) is 9.59 Å². The molecule has 2 fully saturated rings. The molecule has 0 radical (unpaired) electrons. The molecule has 0 spiro atoms. The smallest absolute Gasteiger partial charge is 0.311 e. The van der Waals surface area contributed by atoms with Crippen molar-refractivity contribution in [3.63, 3.8) is 0 Å². The van der Waals surface area contributed by atoms with E-state index in [4.69, 9.17) is 4.42 Å². The van der Waals surface area contributed by atoms with Crippen molar-refractivity contribution in [2.45, 2.75) is 45.4 Å². The van der Waals surface area contributed by atoms with Gasteiger partial charge >= 0.3 is 5.97 Å². The number of carbonyl (C=O) groups is 2. The molecule has 0 aromatic carbocycles. The molecule has 1 saturated carbocycles. The van der Waals surface area contributed by atoms with Crippen molar-refractivity contribution in [3.8, 4) is 0 Å². The molecular weight excluding hydrogens is 272 g/mol. The van der Waals surface area contributed by atoms with Crippen LogP contribution in [-0.2, 0) is 4.79 Å². The highest BCUT2D eigenvalue weighted by molar-refractivity contribution is 5.93. The average Bonchev–Trinajstić information content (AvgIpc) is 3.21. The van der Waals surface area contributed by atoms with Crippen LogP contribution in [-0.4, -0.2) is 40.0 Å². The van der Waals surface area contributed by atoms with Gasteiger partial charge in [0.2, 0.25) is 5.76 Å². The van der Waals surface area contributed by atoms with Crippen LogP contribution in [0.25, 0.3) is 0 Å². The molecule has 2 aliphatic rings. The van der Waals surface area contributed by atoms with Crippen molar-refractivity contribution in [3.05, 3.63) is 17.3 Å². The fourth-order valence-electron chi connectivity index (χ4n) is 2.85. The number of nitrogens with zero attached hydrogens (tertiary/aromatic N) is 2. The summed E-state index contributed by atoms with van der Waals surface area (Å²) < 4.78 is 5.63. The van der Waals surface area contributed by atoms with Gasteiger partial charge in [-0.15, -0.1) is 0 Å². The first-order valence-corrected chi connectivity index (χ1v) is 7.41. The summed E-state index contributed by atoms with van der Waals surface area (Å²) in [4.78, 5) is 29.9. The average molecular weight is 292 g/mol. The Labute approximate surface area is 123 Å². The first-order valence-electron chi connectivity index (χ1n) is 7.41. The molecule has 1 saturated heterocycles. The molecule has 1 amide bonds. The molecule has 1 aliphatic carbocycles. The first-order chi connectivity index (χ1) is 9.90. The van der Waals surface area contributed by atoms with E-state index in [0.717, 1.165) is 12.8 Å².